The molecule has 1 aliphatic heterocycles. The van der Waals surface area contributed by atoms with E-state index < -0.39 is 0 Å². The Morgan fingerprint density at radius 1 is 1.19 bits per heavy atom. The Hall–Kier alpha value is -1.91. The Labute approximate surface area is 202 Å². The summed E-state index contributed by atoms with van der Waals surface area (Å²) >= 11 is 0. The van der Waals surface area contributed by atoms with Crippen LogP contribution in [0.3, 0.4) is 0 Å². The lowest BCUT2D eigenvalue weighted by atomic mass is 10.2. The molecular formula is C23H33IN4O3. The van der Waals surface area contributed by atoms with E-state index in [2.05, 4.69) is 27.5 Å². The van der Waals surface area contributed by atoms with E-state index in [0.717, 1.165) is 68.7 Å². The number of nitrogens with zero attached hydrogens (tertiary/aromatic N) is 2. The van der Waals surface area contributed by atoms with Crippen LogP contribution in [0.4, 0.5) is 0 Å². The van der Waals surface area contributed by atoms with Gasteiger partial charge in [0.1, 0.15) is 12.4 Å². The van der Waals surface area contributed by atoms with E-state index >= 15 is 0 Å². The van der Waals surface area contributed by atoms with Crippen LogP contribution in [0, 0.1) is 0 Å². The van der Waals surface area contributed by atoms with Crippen LogP contribution in [-0.2, 0) is 22.6 Å². The van der Waals surface area contributed by atoms with Gasteiger partial charge >= 0.3 is 0 Å². The Bertz CT molecular complexity index is 753. The molecule has 31 heavy (non-hydrogen) atoms. The fourth-order valence-corrected chi connectivity index (χ4v) is 3.02. The number of pyridine rings is 1. The summed E-state index contributed by atoms with van der Waals surface area (Å²) in [4.78, 5) is 8.93. The number of guanidine groups is 1. The minimum Gasteiger partial charge on any atom is -0.487 e. The number of rotatable bonds is 11. The van der Waals surface area contributed by atoms with Crippen LogP contribution in [0.25, 0.3) is 0 Å². The molecule has 2 aromatic rings. The Morgan fingerprint density at radius 2 is 2.06 bits per heavy atom. The lowest BCUT2D eigenvalue weighted by Gasteiger charge is -2.13. The predicted molar refractivity (Wildman–Crippen MR) is 133 cm³/mol. The molecule has 0 saturated carbocycles. The molecule has 1 saturated heterocycles. The summed E-state index contributed by atoms with van der Waals surface area (Å²) in [7, 11) is 0. The van der Waals surface area contributed by atoms with Gasteiger partial charge in [-0.1, -0.05) is 18.2 Å². The van der Waals surface area contributed by atoms with Crippen LogP contribution < -0.4 is 15.4 Å². The molecule has 0 amide bonds. The van der Waals surface area contributed by atoms with Crippen molar-refractivity contribution in [2.24, 2.45) is 4.99 Å². The number of halogens is 1. The standard InChI is InChI=1S/C23H32N4O3.HI/c1-2-24-23(26-13-5-14-29-22-11-15-28-18-22)27-16-19-7-9-21(10-8-19)30-17-20-6-3-4-12-25-20;/h3-4,6-10,12,22H,2,5,11,13-18H2,1H3,(H2,24,26,27);1H. The van der Waals surface area contributed by atoms with Gasteiger partial charge in [-0.2, -0.15) is 0 Å². The van der Waals surface area contributed by atoms with E-state index in [4.69, 9.17) is 14.2 Å². The van der Waals surface area contributed by atoms with Gasteiger partial charge < -0.3 is 24.8 Å². The predicted octanol–water partition coefficient (Wildman–Crippen LogP) is 3.53. The van der Waals surface area contributed by atoms with Crippen molar-refractivity contribution in [3.8, 4) is 5.75 Å². The molecule has 1 aromatic heterocycles. The van der Waals surface area contributed by atoms with Crippen LogP contribution in [0.15, 0.2) is 53.7 Å². The molecular weight excluding hydrogens is 507 g/mol. The van der Waals surface area contributed by atoms with Gasteiger partial charge in [0, 0.05) is 32.5 Å². The highest BCUT2D eigenvalue weighted by Gasteiger charge is 2.15. The monoisotopic (exact) mass is 540 g/mol. The SMILES string of the molecule is CCNC(=NCc1ccc(OCc2ccccn2)cc1)NCCCOC1CCOC1.I. The lowest BCUT2D eigenvalue weighted by molar-refractivity contribution is 0.0420. The average molecular weight is 540 g/mol. The summed E-state index contributed by atoms with van der Waals surface area (Å²) in [6.07, 6.45) is 3.98. The Balaban J connectivity index is 0.00000341. The fraction of sp³-hybridized carbons (Fsp3) is 0.478. The van der Waals surface area contributed by atoms with Crippen molar-refractivity contribution in [3.63, 3.8) is 0 Å². The molecule has 1 unspecified atom stereocenters. The highest BCUT2D eigenvalue weighted by atomic mass is 127. The van der Waals surface area contributed by atoms with E-state index in [-0.39, 0.29) is 30.1 Å². The van der Waals surface area contributed by atoms with E-state index in [1.54, 1.807) is 6.20 Å². The minimum atomic E-state index is 0. The highest BCUT2D eigenvalue weighted by Crippen LogP contribution is 2.14. The van der Waals surface area contributed by atoms with E-state index in [0.29, 0.717) is 13.2 Å². The summed E-state index contributed by atoms with van der Waals surface area (Å²) in [5.74, 6) is 1.64. The summed E-state index contributed by atoms with van der Waals surface area (Å²) in [6.45, 7) is 7.05. The Kier molecular flexibility index (Phi) is 12.3. The zero-order chi connectivity index (χ0) is 20.9. The second-order valence-corrected chi connectivity index (χ2v) is 7.09. The molecule has 0 radical (unpaired) electrons. The van der Waals surface area contributed by atoms with Crippen molar-refractivity contribution in [1.82, 2.24) is 15.6 Å². The van der Waals surface area contributed by atoms with Gasteiger partial charge in [0.05, 0.1) is 24.9 Å². The van der Waals surface area contributed by atoms with Crippen LogP contribution in [-0.4, -0.2) is 50.0 Å². The number of aliphatic imine (C=N–C) groups is 1. The van der Waals surface area contributed by atoms with Crippen molar-refractivity contribution >= 4 is 29.9 Å². The zero-order valence-electron chi connectivity index (χ0n) is 18.1. The van der Waals surface area contributed by atoms with Crippen molar-refractivity contribution in [3.05, 3.63) is 59.9 Å². The molecule has 2 heterocycles. The van der Waals surface area contributed by atoms with Gasteiger partial charge in [-0.25, -0.2) is 4.99 Å². The molecule has 0 spiro atoms. The van der Waals surface area contributed by atoms with Gasteiger partial charge in [0.15, 0.2) is 5.96 Å². The summed E-state index contributed by atoms with van der Waals surface area (Å²) in [5, 5.41) is 6.64. The molecule has 1 aromatic carbocycles. The second kappa shape index (κ2) is 15.0. The normalized spacial score (nSPS) is 15.9. The average Bonchev–Trinajstić information content (AvgIpc) is 3.31. The number of aromatic nitrogens is 1. The van der Waals surface area contributed by atoms with Gasteiger partial charge in [0.25, 0.3) is 0 Å². The molecule has 1 atom stereocenters. The largest absolute Gasteiger partial charge is 0.487 e. The number of hydrogen-bond donors (Lipinski definition) is 2. The van der Waals surface area contributed by atoms with Gasteiger partial charge in [-0.15, -0.1) is 24.0 Å². The fourth-order valence-electron chi connectivity index (χ4n) is 3.02. The maximum absolute atomic E-state index is 5.79. The van der Waals surface area contributed by atoms with Gasteiger partial charge in [-0.05, 0) is 49.6 Å². The van der Waals surface area contributed by atoms with Crippen molar-refractivity contribution in [2.45, 2.75) is 39.0 Å². The quantitative estimate of drug-likeness (QED) is 0.197. The maximum atomic E-state index is 5.79. The first kappa shape index (κ1) is 25.4. The first-order valence-electron chi connectivity index (χ1n) is 10.7. The summed E-state index contributed by atoms with van der Waals surface area (Å²) < 4.78 is 16.9. The molecule has 170 valence electrons. The molecule has 7 nitrogen and oxygen atoms in total. The number of nitrogens with one attached hydrogen (secondary N) is 2. The minimum absolute atomic E-state index is 0. The molecule has 8 heteroatoms. The third kappa shape index (κ3) is 9.84. The van der Waals surface area contributed by atoms with Crippen molar-refractivity contribution < 1.29 is 14.2 Å². The topological polar surface area (TPSA) is 77.0 Å². The van der Waals surface area contributed by atoms with E-state index in [1.807, 2.05) is 42.5 Å². The second-order valence-electron chi connectivity index (χ2n) is 7.09. The van der Waals surface area contributed by atoms with Crippen molar-refractivity contribution in [1.29, 1.82) is 0 Å². The van der Waals surface area contributed by atoms with Crippen LogP contribution >= 0.6 is 24.0 Å². The van der Waals surface area contributed by atoms with E-state index in [9.17, 15) is 0 Å². The number of benzene rings is 1. The van der Waals surface area contributed by atoms with Crippen LogP contribution in [0.1, 0.15) is 31.0 Å². The highest BCUT2D eigenvalue weighted by molar-refractivity contribution is 14.0. The maximum Gasteiger partial charge on any atom is 0.191 e. The van der Waals surface area contributed by atoms with Gasteiger partial charge in [0.2, 0.25) is 0 Å². The third-order valence-electron chi connectivity index (χ3n) is 4.66. The smallest absolute Gasteiger partial charge is 0.191 e. The number of hydrogen-bond acceptors (Lipinski definition) is 5. The zero-order valence-corrected chi connectivity index (χ0v) is 20.4. The molecule has 3 rings (SSSR count). The third-order valence-corrected chi connectivity index (χ3v) is 4.66. The first-order chi connectivity index (χ1) is 14.8. The molecule has 0 aliphatic carbocycles. The molecule has 2 N–H and O–H groups in total. The molecule has 1 aliphatic rings. The summed E-state index contributed by atoms with van der Waals surface area (Å²) in [6, 6.07) is 13.8. The van der Waals surface area contributed by atoms with E-state index in [1.165, 1.54) is 0 Å². The molecule has 1 fully saturated rings. The van der Waals surface area contributed by atoms with Crippen LogP contribution in [0.2, 0.25) is 0 Å². The van der Waals surface area contributed by atoms with Crippen molar-refractivity contribution in [2.75, 3.05) is 32.9 Å². The first-order valence-corrected chi connectivity index (χ1v) is 10.7. The van der Waals surface area contributed by atoms with Gasteiger partial charge in [-0.3, -0.25) is 4.98 Å². The Morgan fingerprint density at radius 3 is 2.77 bits per heavy atom. The number of ether oxygens (including phenoxy) is 3. The lowest BCUT2D eigenvalue weighted by Crippen LogP contribution is -2.38. The van der Waals surface area contributed by atoms with Crippen LogP contribution in [0.5, 0.6) is 5.75 Å². The molecule has 0 bridgehead atoms. The summed E-state index contributed by atoms with van der Waals surface area (Å²) in [5.41, 5.74) is 2.04.